The Morgan fingerprint density at radius 1 is 1.33 bits per heavy atom. The molecule has 0 radical (unpaired) electrons. The van der Waals surface area contributed by atoms with Crippen molar-refractivity contribution < 1.29 is 9.53 Å². The molecule has 6 heteroatoms. The van der Waals surface area contributed by atoms with E-state index in [1.54, 1.807) is 6.07 Å². The van der Waals surface area contributed by atoms with Gasteiger partial charge in [-0.1, -0.05) is 6.92 Å². The van der Waals surface area contributed by atoms with Crippen molar-refractivity contribution in [1.29, 1.82) is 0 Å². The van der Waals surface area contributed by atoms with E-state index in [0.717, 1.165) is 6.42 Å². The molecule has 0 bridgehead atoms. The molecule has 0 aliphatic heterocycles. The summed E-state index contributed by atoms with van der Waals surface area (Å²) in [5.41, 5.74) is 13.2. The number of hydrogen-bond donors (Lipinski definition) is 2. The third kappa shape index (κ3) is 3.75. The molecule has 0 amide bonds. The lowest BCUT2D eigenvalue weighted by atomic mass is 10.2. The number of carbonyl (C=O) groups excluding carboxylic acids is 1. The van der Waals surface area contributed by atoms with Crippen LogP contribution in [0.25, 0.3) is 0 Å². The summed E-state index contributed by atoms with van der Waals surface area (Å²) in [5, 5.41) is 4.37. The van der Waals surface area contributed by atoms with Gasteiger partial charge in [-0.15, -0.1) is 0 Å². The zero-order valence-electron chi connectivity index (χ0n) is 12.2. The predicted molar refractivity (Wildman–Crippen MR) is 81.6 cm³/mol. The number of carbonyl (C=O) groups is 1. The zero-order valence-corrected chi connectivity index (χ0v) is 12.2. The third-order valence-electron chi connectivity index (χ3n) is 3.27. The highest BCUT2D eigenvalue weighted by Crippen LogP contribution is 2.15. The molecule has 2 aromatic rings. The van der Waals surface area contributed by atoms with E-state index in [1.165, 1.54) is 12.1 Å². The fourth-order valence-electron chi connectivity index (χ4n) is 1.90. The van der Waals surface area contributed by atoms with Gasteiger partial charge in [0.2, 0.25) is 0 Å². The smallest absolute Gasteiger partial charge is 0.338 e. The van der Waals surface area contributed by atoms with Gasteiger partial charge in [0.15, 0.2) is 0 Å². The number of hydrogen-bond acceptors (Lipinski definition) is 5. The molecule has 2 rings (SSSR count). The van der Waals surface area contributed by atoms with E-state index >= 15 is 0 Å². The number of benzene rings is 1. The van der Waals surface area contributed by atoms with Crippen molar-refractivity contribution in [3.05, 3.63) is 41.7 Å². The summed E-state index contributed by atoms with van der Waals surface area (Å²) in [6, 6.07) is 6.83. The number of nitrogens with zero attached hydrogens (tertiary/aromatic N) is 2. The summed E-state index contributed by atoms with van der Waals surface area (Å²) in [6.07, 6.45) is 2.87. The van der Waals surface area contributed by atoms with Gasteiger partial charge in [-0.25, -0.2) is 4.79 Å². The molecule has 0 aliphatic carbocycles. The van der Waals surface area contributed by atoms with E-state index in [2.05, 4.69) is 18.9 Å². The second-order valence-electron chi connectivity index (χ2n) is 5.01. The first-order valence-electron chi connectivity index (χ1n) is 6.86. The summed E-state index contributed by atoms with van der Waals surface area (Å²) in [4.78, 5) is 12.0. The van der Waals surface area contributed by atoms with Gasteiger partial charge in [0, 0.05) is 23.6 Å². The van der Waals surface area contributed by atoms with Crippen molar-refractivity contribution in [2.45, 2.75) is 32.9 Å². The standard InChI is InChI=1S/C15H20N4O2/c1-3-10(2)19-5-4-14(18-19)9-21-15(20)11-6-12(16)8-13(17)7-11/h4-8,10H,3,9,16-17H2,1-2H3. The van der Waals surface area contributed by atoms with E-state index in [4.69, 9.17) is 16.2 Å². The lowest BCUT2D eigenvalue weighted by Crippen LogP contribution is -2.08. The molecule has 4 N–H and O–H groups in total. The number of rotatable bonds is 5. The second-order valence-corrected chi connectivity index (χ2v) is 5.01. The lowest BCUT2D eigenvalue weighted by molar-refractivity contribution is 0.0467. The fraction of sp³-hybridized carbons (Fsp3) is 0.333. The number of anilines is 2. The minimum Gasteiger partial charge on any atom is -0.456 e. The second kappa shape index (κ2) is 6.30. The molecular weight excluding hydrogens is 268 g/mol. The van der Waals surface area contributed by atoms with Crippen LogP contribution in [-0.2, 0) is 11.3 Å². The first kappa shape index (κ1) is 14.9. The Kier molecular flexibility index (Phi) is 4.47. The maximum atomic E-state index is 12.0. The number of esters is 1. The van der Waals surface area contributed by atoms with Crippen LogP contribution in [0.4, 0.5) is 11.4 Å². The molecule has 6 nitrogen and oxygen atoms in total. The highest BCUT2D eigenvalue weighted by molar-refractivity contribution is 5.91. The summed E-state index contributed by atoms with van der Waals surface area (Å²) >= 11 is 0. The molecule has 112 valence electrons. The fourth-order valence-corrected chi connectivity index (χ4v) is 1.90. The summed E-state index contributed by atoms with van der Waals surface area (Å²) in [7, 11) is 0. The number of aromatic nitrogens is 2. The van der Waals surface area contributed by atoms with E-state index in [1.807, 2.05) is 16.9 Å². The molecule has 0 saturated heterocycles. The van der Waals surface area contributed by atoms with E-state index in [0.29, 0.717) is 28.7 Å². The van der Waals surface area contributed by atoms with Crippen molar-refractivity contribution in [3.8, 4) is 0 Å². The summed E-state index contributed by atoms with van der Waals surface area (Å²) in [6.45, 7) is 4.30. The van der Waals surface area contributed by atoms with Gasteiger partial charge in [0.1, 0.15) is 6.61 Å². The molecular formula is C15H20N4O2. The van der Waals surface area contributed by atoms with Crippen molar-refractivity contribution >= 4 is 17.3 Å². The Hall–Kier alpha value is -2.50. The Labute approximate surface area is 123 Å². The Balaban J connectivity index is 1.99. The van der Waals surface area contributed by atoms with Crippen LogP contribution < -0.4 is 11.5 Å². The van der Waals surface area contributed by atoms with Gasteiger partial charge in [0.25, 0.3) is 0 Å². The normalized spacial score (nSPS) is 12.1. The average molecular weight is 288 g/mol. The van der Waals surface area contributed by atoms with Gasteiger partial charge in [-0.05, 0) is 37.6 Å². The van der Waals surface area contributed by atoms with Gasteiger partial charge >= 0.3 is 5.97 Å². The van der Waals surface area contributed by atoms with Gasteiger partial charge in [-0.2, -0.15) is 5.10 Å². The third-order valence-corrected chi connectivity index (χ3v) is 3.27. The molecule has 1 atom stereocenters. The van der Waals surface area contributed by atoms with Crippen LogP contribution in [0.3, 0.4) is 0 Å². The molecule has 1 aromatic carbocycles. The van der Waals surface area contributed by atoms with Crippen LogP contribution in [0, 0.1) is 0 Å². The van der Waals surface area contributed by atoms with E-state index in [9.17, 15) is 4.79 Å². The van der Waals surface area contributed by atoms with Crippen molar-refractivity contribution in [1.82, 2.24) is 9.78 Å². The predicted octanol–water partition coefficient (Wildman–Crippen LogP) is 2.38. The molecule has 0 saturated carbocycles. The van der Waals surface area contributed by atoms with Crippen LogP contribution >= 0.6 is 0 Å². The van der Waals surface area contributed by atoms with Crippen molar-refractivity contribution in [2.24, 2.45) is 0 Å². The van der Waals surface area contributed by atoms with E-state index < -0.39 is 5.97 Å². The first-order valence-corrected chi connectivity index (χ1v) is 6.86. The maximum absolute atomic E-state index is 12.0. The Bertz CT molecular complexity index is 616. The Morgan fingerprint density at radius 2 is 2.00 bits per heavy atom. The number of ether oxygens (including phenoxy) is 1. The quantitative estimate of drug-likeness (QED) is 0.650. The number of nitrogen functional groups attached to an aromatic ring is 2. The molecule has 1 aromatic heterocycles. The molecule has 0 fully saturated rings. The van der Waals surface area contributed by atoms with Crippen LogP contribution in [0.15, 0.2) is 30.5 Å². The zero-order chi connectivity index (χ0) is 15.4. The highest BCUT2D eigenvalue weighted by atomic mass is 16.5. The minimum atomic E-state index is -0.466. The number of nitrogens with two attached hydrogens (primary N) is 2. The van der Waals surface area contributed by atoms with E-state index in [-0.39, 0.29) is 6.61 Å². The van der Waals surface area contributed by atoms with Gasteiger partial charge < -0.3 is 16.2 Å². The molecule has 0 aliphatic rings. The maximum Gasteiger partial charge on any atom is 0.338 e. The van der Waals surface area contributed by atoms with Crippen LogP contribution in [0.1, 0.15) is 42.4 Å². The molecule has 21 heavy (non-hydrogen) atoms. The monoisotopic (exact) mass is 288 g/mol. The van der Waals surface area contributed by atoms with Crippen LogP contribution in [-0.4, -0.2) is 15.7 Å². The first-order chi connectivity index (χ1) is 9.99. The molecule has 1 heterocycles. The summed E-state index contributed by atoms with van der Waals surface area (Å²) < 4.78 is 7.09. The van der Waals surface area contributed by atoms with Crippen molar-refractivity contribution in [3.63, 3.8) is 0 Å². The van der Waals surface area contributed by atoms with Crippen LogP contribution in [0.2, 0.25) is 0 Å². The van der Waals surface area contributed by atoms with Gasteiger partial charge in [0.05, 0.1) is 11.3 Å². The summed E-state index contributed by atoms with van der Waals surface area (Å²) in [5.74, 6) is -0.466. The SMILES string of the molecule is CCC(C)n1ccc(COC(=O)c2cc(N)cc(N)c2)n1. The van der Waals surface area contributed by atoms with Crippen LogP contribution in [0.5, 0.6) is 0 Å². The Morgan fingerprint density at radius 3 is 2.62 bits per heavy atom. The molecule has 1 unspecified atom stereocenters. The van der Waals surface area contributed by atoms with Crippen molar-refractivity contribution in [2.75, 3.05) is 11.5 Å². The highest BCUT2D eigenvalue weighted by Gasteiger charge is 2.11. The largest absolute Gasteiger partial charge is 0.456 e. The topological polar surface area (TPSA) is 96.2 Å². The van der Waals surface area contributed by atoms with Gasteiger partial charge in [-0.3, -0.25) is 4.68 Å². The molecule has 0 spiro atoms. The lowest BCUT2D eigenvalue weighted by Gasteiger charge is -2.08. The minimum absolute atomic E-state index is 0.122. The average Bonchev–Trinajstić information content (AvgIpc) is 2.91.